The van der Waals surface area contributed by atoms with E-state index in [1.807, 2.05) is 0 Å². The van der Waals surface area contributed by atoms with Gasteiger partial charge < -0.3 is 14.8 Å². The first-order chi connectivity index (χ1) is 13.9. The van der Waals surface area contributed by atoms with E-state index >= 15 is 0 Å². The molecular weight excluding hydrogens is 372 g/mol. The maximum Gasteiger partial charge on any atom is 0.270 e. The summed E-state index contributed by atoms with van der Waals surface area (Å²) in [5.41, 5.74) is 4.80. The molecule has 0 aromatic heterocycles. The monoisotopic (exact) mass is 396 g/mol. The van der Waals surface area contributed by atoms with Crippen LogP contribution in [0.2, 0.25) is 0 Å². The molecule has 0 saturated heterocycles. The summed E-state index contributed by atoms with van der Waals surface area (Å²) in [4.78, 5) is 22.8. The van der Waals surface area contributed by atoms with Crippen molar-refractivity contribution >= 4 is 17.7 Å². The van der Waals surface area contributed by atoms with E-state index < -0.39 is 4.92 Å². The molecule has 7 nitrogen and oxygen atoms in total. The molecule has 29 heavy (non-hydrogen) atoms. The molecule has 0 aliphatic carbocycles. The van der Waals surface area contributed by atoms with Gasteiger partial charge in [0.25, 0.3) is 5.69 Å². The first-order valence-corrected chi connectivity index (χ1v) is 9.48. The number of carbonyl (C=O) groups excluding carboxylic acids is 1. The lowest BCUT2D eigenvalue weighted by Gasteiger charge is -2.19. The highest BCUT2D eigenvalue weighted by atomic mass is 16.7. The van der Waals surface area contributed by atoms with Gasteiger partial charge in [-0.25, -0.2) is 0 Å². The van der Waals surface area contributed by atoms with E-state index in [2.05, 4.69) is 37.4 Å². The highest BCUT2D eigenvalue weighted by Gasteiger charge is 2.19. The van der Waals surface area contributed by atoms with E-state index in [0.29, 0.717) is 23.4 Å². The summed E-state index contributed by atoms with van der Waals surface area (Å²) in [6.45, 7) is 5.03. The van der Waals surface area contributed by atoms with E-state index in [-0.39, 0.29) is 25.0 Å². The summed E-state index contributed by atoms with van der Waals surface area (Å²) in [7, 11) is 0. The largest absolute Gasteiger partial charge is 0.467 e. The number of nitrogens with one attached hydrogen (secondary N) is 1. The second-order valence-corrected chi connectivity index (χ2v) is 7.05. The highest BCUT2D eigenvalue weighted by molar-refractivity contribution is 5.92. The van der Waals surface area contributed by atoms with Crippen molar-refractivity contribution in [2.75, 3.05) is 13.3 Å². The van der Waals surface area contributed by atoms with Gasteiger partial charge in [-0.1, -0.05) is 23.8 Å². The minimum Gasteiger partial charge on any atom is -0.467 e. The van der Waals surface area contributed by atoms with Crippen LogP contribution in [0, 0.1) is 24.0 Å². The number of ether oxygens (including phenoxy) is 2. The molecule has 7 heteroatoms. The maximum absolute atomic E-state index is 12.1. The van der Waals surface area contributed by atoms with Crippen LogP contribution in [0.25, 0.3) is 6.08 Å². The molecule has 0 atom stereocenters. The minimum absolute atomic E-state index is 0.0635. The van der Waals surface area contributed by atoms with Crippen molar-refractivity contribution in [1.82, 2.24) is 5.32 Å². The standard InChI is InChI=1S/C22H24N2O5/c1-15-5-6-17(16(2)10-15)4-3-9-23-21(25)8-7-18-11-20(24(26)27)12-19-13-28-14-29-22(18)19/h5-8,10-12H,3-4,9,13-14H2,1-2H3,(H,23,25)/b8-7+. The van der Waals surface area contributed by atoms with Crippen molar-refractivity contribution < 1.29 is 19.2 Å². The van der Waals surface area contributed by atoms with Crippen molar-refractivity contribution in [3.8, 4) is 5.75 Å². The number of non-ortho nitro benzene ring substituents is 1. The maximum atomic E-state index is 12.1. The lowest BCUT2D eigenvalue weighted by atomic mass is 10.0. The van der Waals surface area contributed by atoms with Gasteiger partial charge in [-0.05, 0) is 43.9 Å². The van der Waals surface area contributed by atoms with Gasteiger partial charge >= 0.3 is 0 Å². The van der Waals surface area contributed by atoms with Gasteiger partial charge in [-0.2, -0.15) is 0 Å². The van der Waals surface area contributed by atoms with Crippen LogP contribution in [-0.4, -0.2) is 24.2 Å². The Morgan fingerprint density at radius 2 is 2.10 bits per heavy atom. The molecule has 1 amide bonds. The average Bonchev–Trinajstić information content (AvgIpc) is 2.70. The van der Waals surface area contributed by atoms with E-state index in [0.717, 1.165) is 12.8 Å². The van der Waals surface area contributed by atoms with Gasteiger partial charge in [0.15, 0.2) is 6.79 Å². The zero-order valence-electron chi connectivity index (χ0n) is 16.6. The number of nitro groups is 1. The molecule has 2 aromatic rings. The normalized spacial score (nSPS) is 13.0. The number of aryl methyl sites for hydroxylation is 3. The molecule has 0 fully saturated rings. The molecule has 152 valence electrons. The second kappa shape index (κ2) is 9.34. The lowest BCUT2D eigenvalue weighted by Crippen LogP contribution is -2.22. The van der Waals surface area contributed by atoms with E-state index in [9.17, 15) is 14.9 Å². The van der Waals surface area contributed by atoms with Crippen LogP contribution < -0.4 is 10.1 Å². The summed E-state index contributed by atoms with van der Waals surface area (Å²) in [6.07, 6.45) is 4.63. The van der Waals surface area contributed by atoms with Crippen LogP contribution >= 0.6 is 0 Å². The first-order valence-electron chi connectivity index (χ1n) is 9.48. The first kappa shape index (κ1) is 20.5. The Bertz CT molecular complexity index is 952. The number of carbonyl (C=O) groups is 1. The highest BCUT2D eigenvalue weighted by Crippen LogP contribution is 2.33. The van der Waals surface area contributed by atoms with Gasteiger partial charge in [0.1, 0.15) is 5.75 Å². The average molecular weight is 396 g/mol. The Balaban J connectivity index is 1.57. The topological polar surface area (TPSA) is 90.7 Å². The van der Waals surface area contributed by atoms with Gasteiger partial charge in [-0.3, -0.25) is 14.9 Å². The molecule has 0 radical (unpaired) electrons. The van der Waals surface area contributed by atoms with Crippen LogP contribution in [0.15, 0.2) is 36.4 Å². The third kappa shape index (κ3) is 5.42. The third-order valence-electron chi connectivity index (χ3n) is 4.77. The molecule has 0 unspecified atom stereocenters. The van der Waals surface area contributed by atoms with E-state index in [1.165, 1.54) is 41.0 Å². The number of rotatable bonds is 7. The quantitative estimate of drug-likeness (QED) is 0.332. The van der Waals surface area contributed by atoms with Crippen LogP contribution in [0.4, 0.5) is 5.69 Å². The zero-order chi connectivity index (χ0) is 20.8. The van der Waals surface area contributed by atoms with Crippen molar-refractivity contribution in [2.24, 2.45) is 0 Å². The molecular formula is C22H24N2O5. The van der Waals surface area contributed by atoms with Crippen LogP contribution in [0.5, 0.6) is 5.75 Å². The van der Waals surface area contributed by atoms with Crippen molar-refractivity contribution in [1.29, 1.82) is 0 Å². The van der Waals surface area contributed by atoms with Gasteiger partial charge in [-0.15, -0.1) is 0 Å². The Labute approximate surface area is 169 Å². The third-order valence-corrected chi connectivity index (χ3v) is 4.77. The fourth-order valence-electron chi connectivity index (χ4n) is 3.30. The Morgan fingerprint density at radius 3 is 2.86 bits per heavy atom. The van der Waals surface area contributed by atoms with Crippen molar-refractivity contribution in [3.05, 3.63) is 74.3 Å². The minimum atomic E-state index is -0.473. The lowest BCUT2D eigenvalue weighted by molar-refractivity contribution is -0.385. The number of nitro benzene ring substituents is 1. The summed E-state index contributed by atoms with van der Waals surface area (Å²) in [6, 6.07) is 9.20. The van der Waals surface area contributed by atoms with Gasteiger partial charge in [0.2, 0.25) is 5.91 Å². The second-order valence-electron chi connectivity index (χ2n) is 7.05. The number of amides is 1. The number of hydrogen-bond acceptors (Lipinski definition) is 5. The summed E-state index contributed by atoms with van der Waals surface area (Å²) in [5, 5.41) is 14.0. The summed E-state index contributed by atoms with van der Waals surface area (Å²) in [5.74, 6) is 0.263. The number of fused-ring (bicyclic) bond motifs is 1. The zero-order valence-corrected chi connectivity index (χ0v) is 16.6. The molecule has 1 aliphatic rings. The van der Waals surface area contributed by atoms with Crippen molar-refractivity contribution in [2.45, 2.75) is 33.3 Å². The molecule has 1 N–H and O–H groups in total. The van der Waals surface area contributed by atoms with Gasteiger partial charge in [0.05, 0.1) is 11.5 Å². The van der Waals surface area contributed by atoms with Crippen LogP contribution in [-0.2, 0) is 22.6 Å². The fourth-order valence-corrected chi connectivity index (χ4v) is 3.30. The van der Waals surface area contributed by atoms with Crippen LogP contribution in [0.3, 0.4) is 0 Å². The molecule has 0 bridgehead atoms. The van der Waals surface area contributed by atoms with E-state index in [4.69, 9.17) is 9.47 Å². The Hall–Kier alpha value is -3.19. The summed E-state index contributed by atoms with van der Waals surface area (Å²) < 4.78 is 10.6. The number of hydrogen-bond donors (Lipinski definition) is 1. The Morgan fingerprint density at radius 1 is 1.28 bits per heavy atom. The molecule has 3 rings (SSSR count). The molecule has 0 saturated carbocycles. The molecule has 1 heterocycles. The summed E-state index contributed by atoms with van der Waals surface area (Å²) >= 11 is 0. The Kier molecular flexibility index (Phi) is 6.61. The molecule has 1 aliphatic heterocycles. The molecule has 2 aromatic carbocycles. The smallest absolute Gasteiger partial charge is 0.270 e. The van der Waals surface area contributed by atoms with Crippen molar-refractivity contribution in [3.63, 3.8) is 0 Å². The molecule has 0 spiro atoms. The number of nitrogens with zero attached hydrogens (tertiary/aromatic N) is 1. The van der Waals surface area contributed by atoms with Gasteiger partial charge in [0, 0.05) is 35.9 Å². The predicted octanol–water partition coefficient (Wildman–Crippen LogP) is 3.84. The number of benzene rings is 2. The van der Waals surface area contributed by atoms with E-state index in [1.54, 1.807) is 0 Å². The fraction of sp³-hybridized carbons (Fsp3) is 0.318. The predicted molar refractivity (Wildman–Crippen MR) is 110 cm³/mol. The SMILES string of the molecule is Cc1ccc(CCCNC(=O)/C=C/c2cc([N+](=O)[O-])cc3c2OCOC3)c(C)c1. The van der Waals surface area contributed by atoms with Crippen LogP contribution in [0.1, 0.15) is 34.2 Å².